The fourth-order valence-electron chi connectivity index (χ4n) is 3.38. The molecule has 3 N–H and O–H groups in total. The van der Waals surface area contributed by atoms with E-state index in [-0.39, 0.29) is 24.3 Å². The van der Waals surface area contributed by atoms with E-state index in [9.17, 15) is 9.59 Å². The maximum Gasteiger partial charge on any atom is 0.253 e. The average molecular weight is 359 g/mol. The van der Waals surface area contributed by atoms with E-state index in [4.69, 9.17) is 15.2 Å². The number of benzene rings is 1. The first kappa shape index (κ1) is 18.3. The lowest BCUT2D eigenvalue weighted by Crippen LogP contribution is -2.47. The quantitative estimate of drug-likeness (QED) is 0.810. The first-order valence-corrected chi connectivity index (χ1v) is 8.91. The summed E-state index contributed by atoms with van der Waals surface area (Å²) in [4.78, 5) is 26.8. The monoisotopic (exact) mass is 359 g/mol. The average Bonchev–Trinajstić information content (AvgIpc) is 2.70. The molecule has 2 heterocycles. The summed E-state index contributed by atoms with van der Waals surface area (Å²) >= 11 is 0. The SMILES string of the molecule is COc1cccc2c1OCC(C(=O)N1CCCC(C(=O)NCCN)C1)=C2. The molecular weight excluding hydrogens is 334 g/mol. The van der Waals surface area contributed by atoms with Crippen molar-refractivity contribution in [1.29, 1.82) is 0 Å². The van der Waals surface area contributed by atoms with E-state index >= 15 is 0 Å². The second-order valence-electron chi connectivity index (χ2n) is 6.51. The Morgan fingerprint density at radius 2 is 2.27 bits per heavy atom. The number of hydrogen-bond donors (Lipinski definition) is 2. The number of hydrogen-bond acceptors (Lipinski definition) is 5. The van der Waals surface area contributed by atoms with Gasteiger partial charge in [-0.3, -0.25) is 9.59 Å². The molecule has 0 radical (unpaired) electrons. The zero-order valence-corrected chi connectivity index (χ0v) is 15.0. The summed E-state index contributed by atoms with van der Waals surface area (Å²) in [5.74, 6) is 1.02. The molecule has 0 aliphatic carbocycles. The molecule has 7 nitrogen and oxygen atoms in total. The molecule has 2 aliphatic rings. The van der Waals surface area contributed by atoms with E-state index in [1.807, 2.05) is 24.3 Å². The van der Waals surface area contributed by atoms with Gasteiger partial charge in [-0.25, -0.2) is 0 Å². The van der Waals surface area contributed by atoms with Crippen LogP contribution >= 0.6 is 0 Å². The van der Waals surface area contributed by atoms with Crippen molar-refractivity contribution in [3.8, 4) is 11.5 Å². The number of methoxy groups -OCH3 is 1. The summed E-state index contributed by atoms with van der Waals surface area (Å²) in [6.07, 6.45) is 3.45. The second-order valence-corrected chi connectivity index (χ2v) is 6.51. The van der Waals surface area contributed by atoms with Gasteiger partial charge in [-0.2, -0.15) is 0 Å². The van der Waals surface area contributed by atoms with E-state index in [2.05, 4.69) is 5.32 Å². The minimum absolute atomic E-state index is 0.0306. The van der Waals surface area contributed by atoms with Crippen molar-refractivity contribution in [3.63, 3.8) is 0 Å². The highest BCUT2D eigenvalue weighted by Crippen LogP contribution is 2.36. The molecule has 140 valence electrons. The maximum atomic E-state index is 12.9. The van der Waals surface area contributed by atoms with Crippen LogP contribution in [-0.2, 0) is 9.59 Å². The molecule has 0 aromatic heterocycles. The summed E-state index contributed by atoms with van der Waals surface area (Å²) in [7, 11) is 1.59. The van der Waals surface area contributed by atoms with Gasteiger partial charge in [0, 0.05) is 31.7 Å². The minimum atomic E-state index is -0.184. The van der Waals surface area contributed by atoms with Gasteiger partial charge in [0.1, 0.15) is 6.61 Å². The summed E-state index contributed by atoms with van der Waals surface area (Å²) in [6.45, 7) is 2.15. The van der Waals surface area contributed by atoms with Crippen LogP contribution in [0.1, 0.15) is 18.4 Å². The summed E-state index contributed by atoms with van der Waals surface area (Å²) in [5, 5.41) is 2.81. The Bertz CT molecular complexity index is 717. The van der Waals surface area contributed by atoms with Crippen LogP contribution in [-0.4, -0.2) is 56.6 Å². The largest absolute Gasteiger partial charge is 0.493 e. The molecule has 1 saturated heterocycles. The van der Waals surface area contributed by atoms with Gasteiger partial charge in [-0.1, -0.05) is 12.1 Å². The van der Waals surface area contributed by atoms with Crippen molar-refractivity contribution < 1.29 is 19.1 Å². The van der Waals surface area contributed by atoms with Crippen LogP contribution in [0.5, 0.6) is 11.5 Å². The highest BCUT2D eigenvalue weighted by molar-refractivity contribution is 5.99. The van der Waals surface area contributed by atoms with Crippen molar-refractivity contribution >= 4 is 17.9 Å². The predicted molar refractivity (Wildman–Crippen MR) is 97.8 cm³/mol. The van der Waals surface area contributed by atoms with E-state index in [1.165, 1.54) is 0 Å². The molecule has 0 bridgehead atoms. The molecule has 1 unspecified atom stereocenters. The lowest BCUT2D eigenvalue weighted by molar-refractivity contribution is -0.133. The molecule has 2 amide bonds. The van der Waals surface area contributed by atoms with E-state index in [0.717, 1.165) is 18.4 Å². The lowest BCUT2D eigenvalue weighted by atomic mass is 9.96. The Kier molecular flexibility index (Phi) is 5.78. The Labute approximate surface area is 153 Å². The van der Waals surface area contributed by atoms with E-state index in [1.54, 1.807) is 12.0 Å². The minimum Gasteiger partial charge on any atom is -0.493 e. The van der Waals surface area contributed by atoms with Crippen LogP contribution in [0.4, 0.5) is 0 Å². The van der Waals surface area contributed by atoms with Crippen molar-refractivity contribution in [2.24, 2.45) is 11.7 Å². The molecule has 0 saturated carbocycles. The molecule has 1 atom stereocenters. The van der Waals surface area contributed by atoms with Gasteiger partial charge in [0.15, 0.2) is 11.5 Å². The van der Waals surface area contributed by atoms with Gasteiger partial charge < -0.3 is 25.4 Å². The second kappa shape index (κ2) is 8.23. The topological polar surface area (TPSA) is 93.9 Å². The highest BCUT2D eigenvalue weighted by atomic mass is 16.5. The number of amides is 2. The third-order valence-corrected chi connectivity index (χ3v) is 4.73. The van der Waals surface area contributed by atoms with Crippen molar-refractivity contribution in [3.05, 3.63) is 29.3 Å². The molecule has 1 fully saturated rings. The molecule has 26 heavy (non-hydrogen) atoms. The lowest BCUT2D eigenvalue weighted by Gasteiger charge is -2.33. The van der Waals surface area contributed by atoms with Gasteiger partial charge in [0.25, 0.3) is 5.91 Å². The Morgan fingerprint density at radius 3 is 3.04 bits per heavy atom. The number of piperidine rings is 1. The maximum absolute atomic E-state index is 12.9. The first-order chi connectivity index (χ1) is 12.6. The molecule has 0 spiro atoms. The number of carbonyl (C=O) groups excluding carboxylic acids is 2. The van der Waals surface area contributed by atoms with Crippen LogP contribution in [0.25, 0.3) is 6.08 Å². The highest BCUT2D eigenvalue weighted by Gasteiger charge is 2.31. The first-order valence-electron chi connectivity index (χ1n) is 8.91. The van der Waals surface area contributed by atoms with Gasteiger partial charge >= 0.3 is 0 Å². The number of rotatable bonds is 5. The van der Waals surface area contributed by atoms with Crippen molar-refractivity contribution in [2.45, 2.75) is 12.8 Å². The third-order valence-electron chi connectivity index (χ3n) is 4.73. The summed E-state index contributed by atoms with van der Waals surface area (Å²) in [6, 6.07) is 5.59. The van der Waals surface area contributed by atoms with E-state index in [0.29, 0.717) is 43.3 Å². The zero-order chi connectivity index (χ0) is 18.5. The third kappa shape index (κ3) is 3.83. The molecule has 2 aliphatic heterocycles. The summed E-state index contributed by atoms with van der Waals surface area (Å²) < 4.78 is 11.1. The zero-order valence-electron chi connectivity index (χ0n) is 15.0. The summed E-state index contributed by atoms with van der Waals surface area (Å²) in [5.41, 5.74) is 6.85. The number of fused-ring (bicyclic) bond motifs is 1. The van der Waals surface area contributed by atoms with Crippen LogP contribution in [0, 0.1) is 5.92 Å². The number of nitrogens with two attached hydrogens (primary N) is 1. The molecule has 1 aromatic carbocycles. The van der Waals surface area contributed by atoms with Gasteiger partial charge in [-0.05, 0) is 25.0 Å². The molecular formula is C19H25N3O4. The van der Waals surface area contributed by atoms with Gasteiger partial charge in [0.05, 0.1) is 18.6 Å². The Balaban J connectivity index is 1.71. The fourth-order valence-corrected chi connectivity index (χ4v) is 3.38. The van der Waals surface area contributed by atoms with Gasteiger partial charge in [-0.15, -0.1) is 0 Å². The standard InChI is InChI=1S/C19H25N3O4/c1-25-16-6-2-4-13-10-15(12-26-17(13)16)19(24)22-9-3-5-14(11-22)18(23)21-8-7-20/h2,4,6,10,14H,3,5,7-9,11-12,20H2,1H3,(H,21,23). The molecule has 1 aromatic rings. The predicted octanol–water partition coefficient (Wildman–Crippen LogP) is 0.785. The van der Waals surface area contributed by atoms with E-state index < -0.39 is 0 Å². The number of likely N-dealkylation sites (tertiary alicyclic amines) is 1. The van der Waals surface area contributed by atoms with Crippen LogP contribution in [0.15, 0.2) is 23.8 Å². The van der Waals surface area contributed by atoms with Gasteiger partial charge in [0.2, 0.25) is 5.91 Å². The van der Waals surface area contributed by atoms with Crippen LogP contribution < -0.4 is 20.5 Å². The number of nitrogens with zero attached hydrogens (tertiary/aromatic N) is 1. The normalized spacial score (nSPS) is 19.1. The Hall–Kier alpha value is -2.54. The number of carbonyl (C=O) groups is 2. The number of ether oxygens (including phenoxy) is 2. The smallest absolute Gasteiger partial charge is 0.253 e. The van der Waals surface area contributed by atoms with Crippen molar-refractivity contribution in [1.82, 2.24) is 10.2 Å². The molecule has 3 rings (SSSR count). The van der Waals surface area contributed by atoms with Crippen LogP contribution in [0.2, 0.25) is 0 Å². The van der Waals surface area contributed by atoms with Crippen molar-refractivity contribution in [2.75, 3.05) is 39.9 Å². The Morgan fingerprint density at radius 1 is 1.42 bits per heavy atom. The molecule has 7 heteroatoms. The fraction of sp³-hybridized carbons (Fsp3) is 0.474. The van der Waals surface area contributed by atoms with Crippen LogP contribution in [0.3, 0.4) is 0 Å². The number of para-hydroxylation sites is 1. The number of nitrogens with one attached hydrogen (secondary N) is 1.